The Kier molecular flexibility index (Phi) is 5.75. The molecule has 1 heterocycles. The topological polar surface area (TPSA) is 66.8 Å². The standard InChI is InChI=1S/C15H23NO4S/c1-2-20-14-7-10-16(11-8-14)21(18,19)15-5-3-13(4-6-15)9-12-17/h3-6,14,17H,2,7-12H2,1H3. The molecule has 1 aromatic carbocycles. The molecular weight excluding hydrogens is 290 g/mol. The van der Waals surface area contributed by atoms with Crippen LogP contribution in [0.5, 0.6) is 0 Å². The van der Waals surface area contributed by atoms with Crippen LogP contribution in [0.3, 0.4) is 0 Å². The molecule has 1 aliphatic heterocycles. The second-order valence-electron chi connectivity index (χ2n) is 5.18. The van der Waals surface area contributed by atoms with E-state index in [1.807, 2.05) is 6.92 Å². The lowest BCUT2D eigenvalue weighted by Gasteiger charge is -2.31. The second-order valence-corrected chi connectivity index (χ2v) is 7.11. The molecule has 0 spiro atoms. The van der Waals surface area contributed by atoms with Gasteiger partial charge in [0.1, 0.15) is 0 Å². The first kappa shape index (κ1) is 16.4. The van der Waals surface area contributed by atoms with Gasteiger partial charge in [-0.3, -0.25) is 0 Å². The minimum absolute atomic E-state index is 0.0665. The van der Waals surface area contributed by atoms with Gasteiger partial charge in [-0.1, -0.05) is 12.1 Å². The number of piperidine rings is 1. The molecule has 21 heavy (non-hydrogen) atoms. The van der Waals surface area contributed by atoms with Gasteiger partial charge in [-0.2, -0.15) is 4.31 Å². The molecular formula is C15H23NO4S. The number of aliphatic hydroxyl groups excluding tert-OH is 1. The minimum atomic E-state index is -3.42. The van der Waals surface area contributed by atoms with E-state index >= 15 is 0 Å². The quantitative estimate of drug-likeness (QED) is 0.862. The molecule has 0 unspecified atom stereocenters. The lowest BCUT2D eigenvalue weighted by molar-refractivity contribution is 0.0290. The zero-order chi connectivity index (χ0) is 15.3. The van der Waals surface area contributed by atoms with Crippen LogP contribution in [0, 0.1) is 0 Å². The first-order valence-corrected chi connectivity index (χ1v) is 8.83. The third kappa shape index (κ3) is 4.03. The number of hydrogen-bond acceptors (Lipinski definition) is 4. The molecule has 0 atom stereocenters. The first-order valence-electron chi connectivity index (χ1n) is 7.39. The van der Waals surface area contributed by atoms with Crippen LogP contribution in [0.4, 0.5) is 0 Å². The average Bonchev–Trinajstić information content (AvgIpc) is 2.49. The molecule has 2 rings (SSSR count). The number of aliphatic hydroxyl groups is 1. The van der Waals surface area contributed by atoms with Crippen molar-refractivity contribution in [3.8, 4) is 0 Å². The van der Waals surface area contributed by atoms with Crippen LogP contribution in [0.25, 0.3) is 0 Å². The van der Waals surface area contributed by atoms with Crippen LogP contribution in [-0.2, 0) is 21.2 Å². The van der Waals surface area contributed by atoms with E-state index in [-0.39, 0.29) is 12.7 Å². The molecule has 0 radical (unpaired) electrons. The Morgan fingerprint density at radius 3 is 2.38 bits per heavy atom. The number of rotatable bonds is 6. The van der Waals surface area contributed by atoms with Crippen LogP contribution in [-0.4, -0.2) is 50.2 Å². The zero-order valence-electron chi connectivity index (χ0n) is 12.4. The van der Waals surface area contributed by atoms with E-state index in [0.717, 1.165) is 18.4 Å². The van der Waals surface area contributed by atoms with Crippen molar-refractivity contribution in [3.05, 3.63) is 29.8 Å². The van der Waals surface area contributed by atoms with Crippen molar-refractivity contribution in [1.29, 1.82) is 0 Å². The lowest BCUT2D eigenvalue weighted by Crippen LogP contribution is -2.40. The van der Waals surface area contributed by atoms with Crippen molar-refractivity contribution in [2.45, 2.75) is 37.2 Å². The van der Waals surface area contributed by atoms with Gasteiger partial charge < -0.3 is 9.84 Å². The van der Waals surface area contributed by atoms with Gasteiger partial charge in [0.2, 0.25) is 10.0 Å². The predicted octanol–water partition coefficient (Wildman–Crippen LogP) is 1.41. The Morgan fingerprint density at radius 2 is 1.86 bits per heavy atom. The van der Waals surface area contributed by atoms with E-state index < -0.39 is 10.0 Å². The lowest BCUT2D eigenvalue weighted by atomic mass is 10.1. The maximum atomic E-state index is 12.6. The van der Waals surface area contributed by atoms with Crippen molar-refractivity contribution in [1.82, 2.24) is 4.31 Å². The van der Waals surface area contributed by atoms with E-state index in [0.29, 0.717) is 31.0 Å². The zero-order valence-corrected chi connectivity index (χ0v) is 13.2. The highest BCUT2D eigenvalue weighted by molar-refractivity contribution is 7.89. The van der Waals surface area contributed by atoms with Crippen molar-refractivity contribution in [2.24, 2.45) is 0 Å². The Morgan fingerprint density at radius 1 is 1.24 bits per heavy atom. The molecule has 118 valence electrons. The molecule has 0 amide bonds. The van der Waals surface area contributed by atoms with Crippen molar-refractivity contribution < 1.29 is 18.3 Å². The van der Waals surface area contributed by atoms with Crippen molar-refractivity contribution >= 4 is 10.0 Å². The van der Waals surface area contributed by atoms with Gasteiger partial charge in [0.25, 0.3) is 0 Å². The Hall–Kier alpha value is -0.950. The van der Waals surface area contributed by atoms with Crippen molar-refractivity contribution in [3.63, 3.8) is 0 Å². The molecule has 1 saturated heterocycles. The van der Waals surface area contributed by atoms with E-state index in [9.17, 15) is 8.42 Å². The monoisotopic (exact) mass is 313 g/mol. The molecule has 0 aliphatic carbocycles. The maximum Gasteiger partial charge on any atom is 0.243 e. The van der Waals surface area contributed by atoms with Crippen LogP contribution < -0.4 is 0 Å². The van der Waals surface area contributed by atoms with Crippen LogP contribution in [0.2, 0.25) is 0 Å². The number of ether oxygens (including phenoxy) is 1. The fourth-order valence-electron chi connectivity index (χ4n) is 2.58. The summed E-state index contributed by atoms with van der Waals surface area (Å²) in [6.07, 6.45) is 2.21. The highest BCUT2D eigenvalue weighted by Gasteiger charge is 2.29. The third-order valence-electron chi connectivity index (χ3n) is 3.76. The fraction of sp³-hybridized carbons (Fsp3) is 0.600. The predicted molar refractivity (Wildman–Crippen MR) is 80.6 cm³/mol. The third-order valence-corrected chi connectivity index (χ3v) is 5.68. The van der Waals surface area contributed by atoms with Gasteiger partial charge >= 0.3 is 0 Å². The van der Waals surface area contributed by atoms with Gasteiger partial charge in [-0.05, 0) is 43.9 Å². The Balaban J connectivity index is 2.04. The summed E-state index contributed by atoms with van der Waals surface area (Å²) < 4.78 is 32.2. The van der Waals surface area contributed by atoms with Crippen LogP contribution in [0.15, 0.2) is 29.2 Å². The largest absolute Gasteiger partial charge is 0.396 e. The molecule has 1 aromatic rings. The van der Waals surface area contributed by atoms with E-state index in [1.54, 1.807) is 24.3 Å². The number of benzene rings is 1. The molecule has 0 aromatic heterocycles. The van der Waals surface area contributed by atoms with E-state index in [4.69, 9.17) is 9.84 Å². The maximum absolute atomic E-state index is 12.6. The Bertz CT molecular complexity index is 533. The summed E-state index contributed by atoms with van der Waals surface area (Å²) in [5, 5.41) is 8.88. The molecule has 1 aliphatic rings. The smallest absolute Gasteiger partial charge is 0.243 e. The second kappa shape index (κ2) is 7.35. The fourth-order valence-corrected chi connectivity index (χ4v) is 4.05. The number of sulfonamides is 1. The van der Waals surface area contributed by atoms with Crippen molar-refractivity contribution in [2.75, 3.05) is 26.3 Å². The minimum Gasteiger partial charge on any atom is -0.396 e. The average molecular weight is 313 g/mol. The highest BCUT2D eigenvalue weighted by Crippen LogP contribution is 2.22. The number of nitrogens with zero attached hydrogens (tertiary/aromatic N) is 1. The van der Waals surface area contributed by atoms with Gasteiger partial charge in [0, 0.05) is 26.3 Å². The molecule has 1 fully saturated rings. The summed E-state index contributed by atoms with van der Waals surface area (Å²) in [6, 6.07) is 6.76. The highest BCUT2D eigenvalue weighted by atomic mass is 32.2. The molecule has 5 nitrogen and oxygen atoms in total. The summed E-state index contributed by atoms with van der Waals surface area (Å²) in [5.74, 6) is 0. The summed E-state index contributed by atoms with van der Waals surface area (Å²) in [4.78, 5) is 0.319. The van der Waals surface area contributed by atoms with Crippen LogP contribution in [0.1, 0.15) is 25.3 Å². The van der Waals surface area contributed by atoms with Gasteiger partial charge in [0.05, 0.1) is 11.0 Å². The van der Waals surface area contributed by atoms with Gasteiger partial charge in [-0.25, -0.2) is 8.42 Å². The first-order chi connectivity index (χ1) is 10.1. The van der Waals surface area contributed by atoms with Gasteiger partial charge in [0.15, 0.2) is 0 Å². The summed E-state index contributed by atoms with van der Waals surface area (Å²) in [7, 11) is -3.42. The summed E-state index contributed by atoms with van der Waals surface area (Å²) in [5.41, 5.74) is 0.937. The van der Waals surface area contributed by atoms with E-state index in [1.165, 1.54) is 4.31 Å². The van der Waals surface area contributed by atoms with E-state index in [2.05, 4.69) is 0 Å². The molecule has 6 heteroatoms. The van der Waals surface area contributed by atoms with Crippen LogP contribution >= 0.6 is 0 Å². The van der Waals surface area contributed by atoms with Gasteiger partial charge in [-0.15, -0.1) is 0 Å². The Labute approximate surface area is 126 Å². The number of hydrogen-bond donors (Lipinski definition) is 1. The molecule has 1 N–H and O–H groups in total. The molecule has 0 bridgehead atoms. The molecule has 0 saturated carbocycles. The normalized spacial score (nSPS) is 18.0. The summed E-state index contributed by atoms with van der Waals surface area (Å²) >= 11 is 0. The SMILES string of the molecule is CCOC1CCN(S(=O)(=O)c2ccc(CCO)cc2)CC1. The summed E-state index contributed by atoms with van der Waals surface area (Å²) in [6.45, 7) is 3.70.